The van der Waals surface area contributed by atoms with Gasteiger partial charge in [-0.3, -0.25) is 0 Å². The van der Waals surface area contributed by atoms with E-state index in [1.54, 1.807) is 0 Å². The van der Waals surface area contributed by atoms with Gasteiger partial charge in [0.05, 0.1) is 0 Å². The summed E-state index contributed by atoms with van der Waals surface area (Å²) in [6.07, 6.45) is 0. The van der Waals surface area contributed by atoms with Gasteiger partial charge in [-0.25, -0.2) is 0 Å². The van der Waals surface area contributed by atoms with Crippen molar-refractivity contribution >= 4 is 26.2 Å². The van der Waals surface area contributed by atoms with Gasteiger partial charge in [-0.05, 0) is 0 Å². The first-order valence-electron chi connectivity index (χ1n) is 7.11. The van der Waals surface area contributed by atoms with E-state index >= 15 is 0 Å². The van der Waals surface area contributed by atoms with Crippen LogP contribution in [-0.4, -0.2) is 42.2 Å². The normalized spacial score (nSPS) is 15.4. The minimum atomic E-state index is 1.07. The van der Waals surface area contributed by atoms with Crippen LogP contribution in [0.15, 0.2) is 42.5 Å². The molecule has 2 aromatic carbocycles. The fourth-order valence-electron chi connectivity index (χ4n) is 2.90. The third-order valence-corrected chi connectivity index (χ3v) is 4.72. The molecule has 1 aliphatic rings. The summed E-state index contributed by atoms with van der Waals surface area (Å²) in [6, 6.07) is 15.2. The van der Waals surface area contributed by atoms with Gasteiger partial charge in [-0.1, -0.05) is 0 Å². The maximum atomic E-state index is 3.42. The molecule has 1 N–H and O–H groups in total. The average molecular weight is 331 g/mol. The minimum absolute atomic E-state index is 1.07. The first kappa shape index (κ1) is 13.7. The summed E-state index contributed by atoms with van der Waals surface area (Å²) in [6.45, 7) is 6.57. The number of hydrogen-bond acceptors (Lipinski definition) is 2. The Morgan fingerprint density at radius 2 is 1.70 bits per heavy atom. The molecule has 1 aliphatic heterocycles. The molecule has 2 aromatic rings. The Morgan fingerprint density at radius 3 is 2.40 bits per heavy atom. The topological polar surface area (TPSA) is 15.3 Å². The van der Waals surface area contributed by atoms with Crippen LogP contribution in [0.5, 0.6) is 0 Å². The molecule has 0 unspecified atom stereocenters. The zero-order valence-electron chi connectivity index (χ0n) is 11.8. The van der Waals surface area contributed by atoms with Gasteiger partial charge in [0.1, 0.15) is 0 Å². The van der Waals surface area contributed by atoms with Gasteiger partial charge in [0.15, 0.2) is 0 Å². The maximum absolute atomic E-state index is 3.42. The zero-order valence-corrected chi connectivity index (χ0v) is 13.6. The summed E-state index contributed by atoms with van der Waals surface area (Å²) < 4.78 is 1.29. The van der Waals surface area contributed by atoms with Crippen molar-refractivity contribution in [3.8, 4) is 11.1 Å². The number of nitrogens with one attached hydrogen (secondary N) is 1. The van der Waals surface area contributed by atoms with Crippen LogP contribution in [0.3, 0.4) is 0 Å². The number of nitrogens with zero attached hydrogens (tertiary/aromatic N) is 1. The van der Waals surface area contributed by atoms with E-state index in [4.69, 9.17) is 0 Å². The Labute approximate surface area is 129 Å². The molecular formula is C17H20N2Se. The van der Waals surface area contributed by atoms with Crippen molar-refractivity contribution in [1.29, 1.82) is 0 Å². The van der Waals surface area contributed by atoms with Crippen molar-refractivity contribution in [2.75, 3.05) is 31.1 Å². The predicted molar refractivity (Wildman–Crippen MR) is 88.5 cm³/mol. The van der Waals surface area contributed by atoms with Crippen LogP contribution in [0, 0.1) is 6.92 Å². The first-order valence-corrected chi connectivity index (χ1v) is 8.05. The monoisotopic (exact) mass is 332 g/mol. The van der Waals surface area contributed by atoms with E-state index in [0.717, 1.165) is 26.2 Å². The van der Waals surface area contributed by atoms with E-state index in [1.807, 2.05) is 0 Å². The van der Waals surface area contributed by atoms with Crippen molar-refractivity contribution in [2.45, 2.75) is 6.92 Å². The molecule has 0 amide bonds. The Bertz CT molecular complexity index is 589. The third kappa shape index (κ3) is 2.62. The number of hydrogen-bond donors (Lipinski definition) is 1. The molecule has 104 valence electrons. The second-order valence-electron chi connectivity index (χ2n) is 5.21. The van der Waals surface area contributed by atoms with Crippen LogP contribution < -0.4 is 14.7 Å². The number of benzene rings is 2. The molecule has 3 heteroatoms. The summed E-state index contributed by atoms with van der Waals surface area (Å²) >= 11 is 2.71. The molecule has 1 saturated heterocycles. The van der Waals surface area contributed by atoms with Crippen LogP contribution in [-0.2, 0) is 0 Å². The second-order valence-corrected chi connectivity index (χ2v) is 6.22. The summed E-state index contributed by atoms with van der Waals surface area (Å²) in [7, 11) is 0. The fraction of sp³-hybridized carbons (Fsp3) is 0.294. The summed E-state index contributed by atoms with van der Waals surface area (Å²) in [5.41, 5.74) is 5.43. The van der Waals surface area contributed by atoms with Gasteiger partial charge in [0, 0.05) is 0 Å². The van der Waals surface area contributed by atoms with E-state index in [1.165, 1.54) is 26.8 Å². The quantitative estimate of drug-likeness (QED) is 0.841. The van der Waals surface area contributed by atoms with E-state index < -0.39 is 0 Å². The van der Waals surface area contributed by atoms with E-state index in [2.05, 4.69) is 75.6 Å². The van der Waals surface area contributed by atoms with Crippen LogP contribution in [0.25, 0.3) is 11.1 Å². The molecule has 0 bridgehead atoms. The molecule has 0 aliphatic carbocycles. The van der Waals surface area contributed by atoms with Crippen molar-refractivity contribution in [3.05, 3.63) is 48.0 Å². The van der Waals surface area contributed by atoms with Crippen molar-refractivity contribution in [3.63, 3.8) is 0 Å². The fourth-order valence-corrected chi connectivity index (χ4v) is 3.68. The second kappa shape index (κ2) is 6.01. The predicted octanol–water partition coefficient (Wildman–Crippen LogP) is 1.60. The number of rotatable bonds is 2. The van der Waals surface area contributed by atoms with Crippen molar-refractivity contribution < 1.29 is 0 Å². The number of anilines is 1. The van der Waals surface area contributed by atoms with Crippen LogP contribution in [0.2, 0.25) is 0 Å². The van der Waals surface area contributed by atoms with Crippen molar-refractivity contribution in [2.24, 2.45) is 0 Å². The van der Waals surface area contributed by atoms with Gasteiger partial charge < -0.3 is 0 Å². The number of piperazine rings is 1. The van der Waals surface area contributed by atoms with Crippen LogP contribution in [0.1, 0.15) is 5.56 Å². The molecule has 0 atom stereocenters. The Kier molecular flexibility index (Phi) is 4.11. The summed E-state index contributed by atoms with van der Waals surface area (Å²) in [5, 5.41) is 3.42. The van der Waals surface area contributed by atoms with Gasteiger partial charge in [-0.2, -0.15) is 0 Å². The molecule has 2 nitrogen and oxygen atoms in total. The SMILES string of the molecule is Cc1c(N2CCNCC2)ccc([SeH])c1-c1ccccc1. The standard InChI is InChI=1S/C17H20N2Se/c1-13-15(19-11-9-18-10-12-19)7-8-16(20)17(13)14-5-3-2-4-6-14/h2-8,18,20H,9-12H2,1H3. The van der Waals surface area contributed by atoms with Crippen LogP contribution >= 0.6 is 0 Å². The summed E-state index contributed by atoms with van der Waals surface area (Å²) in [4.78, 5) is 2.49. The third-order valence-electron chi connectivity index (χ3n) is 3.93. The first-order chi connectivity index (χ1) is 9.77. The van der Waals surface area contributed by atoms with Gasteiger partial charge in [0.25, 0.3) is 0 Å². The molecule has 0 spiro atoms. The van der Waals surface area contributed by atoms with Gasteiger partial charge >= 0.3 is 129 Å². The molecule has 1 heterocycles. The van der Waals surface area contributed by atoms with Gasteiger partial charge in [0.2, 0.25) is 0 Å². The van der Waals surface area contributed by atoms with Crippen molar-refractivity contribution in [1.82, 2.24) is 5.32 Å². The average Bonchev–Trinajstić information content (AvgIpc) is 2.49. The molecule has 0 aromatic heterocycles. The molecule has 0 radical (unpaired) electrons. The Balaban J connectivity index is 2.06. The van der Waals surface area contributed by atoms with E-state index in [9.17, 15) is 0 Å². The van der Waals surface area contributed by atoms with E-state index in [0.29, 0.717) is 0 Å². The van der Waals surface area contributed by atoms with Crippen LogP contribution in [0.4, 0.5) is 5.69 Å². The van der Waals surface area contributed by atoms with E-state index in [-0.39, 0.29) is 0 Å². The molecule has 20 heavy (non-hydrogen) atoms. The molecule has 0 saturated carbocycles. The molecular weight excluding hydrogens is 311 g/mol. The summed E-state index contributed by atoms with van der Waals surface area (Å²) in [5.74, 6) is 0. The van der Waals surface area contributed by atoms with Gasteiger partial charge in [-0.15, -0.1) is 0 Å². The zero-order chi connectivity index (χ0) is 13.9. The Morgan fingerprint density at radius 1 is 1.00 bits per heavy atom. The molecule has 3 rings (SSSR count). The molecule has 1 fully saturated rings. The Hall–Kier alpha value is -1.28.